The molecule has 1 amide bonds. The molecule has 1 N–H and O–H groups in total. The largest absolute Gasteiger partial charge is 0.497 e. The molecule has 0 bridgehead atoms. The molecular formula is C18H22N2O4S. The van der Waals surface area contributed by atoms with Gasteiger partial charge in [0.2, 0.25) is 15.9 Å². The number of benzene rings is 2. The molecule has 0 saturated carbocycles. The van der Waals surface area contributed by atoms with Crippen LogP contribution >= 0.6 is 0 Å². The third kappa shape index (κ3) is 4.73. The topological polar surface area (TPSA) is 75.7 Å². The van der Waals surface area contributed by atoms with Crippen LogP contribution in [0.5, 0.6) is 5.75 Å². The zero-order valence-corrected chi connectivity index (χ0v) is 15.5. The van der Waals surface area contributed by atoms with Crippen molar-refractivity contribution in [1.29, 1.82) is 0 Å². The smallest absolute Gasteiger partial charge is 0.247 e. The van der Waals surface area contributed by atoms with Crippen LogP contribution in [0.25, 0.3) is 0 Å². The first kappa shape index (κ1) is 18.8. The Labute approximate surface area is 148 Å². The SMILES string of the molecule is COc1cccc(NC(=O)C(C)N(c2cccc(C)c2)S(C)(=O)=O)c1. The second-order valence-corrected chi connectivity index (χ2v) is 7.65. The van der Waals surface area contributed by atoms with E-state index in [0.29, 0.717) is 17.1 Å². The maximum Gasteiger partial charge on any atom is 0.247 e. The number of anilines is 2. The molecule has 0 aliphatic rings. The number of rotatable bonds is 6. The maximum atomic E-state index is 12.6. The van der Waals surface area contributed by atoms with Gasteiger partial charge in [0.05, 0.1) is 19.1 Å². The van der Waals surface area contributed by atoms with Gasteiger partial charge >= 0.3 is 0 Å². The average Bonchev–Trinajstić information content (AvgIpc) is 2.53. The van der Waals surface area contributed by atoms with Gasteiger partial charge in [0, 0.05) is 11.8 Å². The normalized spacial score (nSPS) is 12.3. The van der Waals surface area contributed by atoms with Gasteiger partial charge in [-0.15, -0.1) is 0 Å². The standard InChI is InChI=1S/C18H22N2O4S/c1-13-7-5-9-16(11-13)20(25(4,22)23)14(2)18(21)19-15-8-6-10-17(12-15)24-3/h5-12,14H,1-4H3,(H,19,21). The van der Waals surface area contributed by atoms with E-state index >= 15 is 0 Å². The minimum atomic E-state index is -3.64. The quantitative estimate of drug-likeness (QED) is 0.857. The Kier molecular flexibility index (Phi) is 5.69. The van der Waals surface area contributed by atoms with Crippen molar-refractivity contribution in [3.63, 3.8) is 0 Å². The first-order chi connectivity index (χ1) is 11.7. The lowest BCUT2D eigenvalue weighted by Crippen LogP contribution is -2.45. The third-order valence-corrected chi connectivity index (χ3v) is 4.92. The number of hydrogen-bond acceptors (Lipinski definition) is 4. The van der Waals surface area contributed by atoms with Crippen LogP contribution in [0.15, 0.2) is 48.5 Å². The number of nitrogens with zero attached hydrogens (tertiary/aromatic N) is 1. The molecule has 0 aliphatic carbocycles. The Balaban J connectivity index is 2.30. The van der Waals surface area contributed by atoms with Gasteiger partial charge in [-0.25, -0.2) is 8.42 Å². The van der Waals surface area contributed by atoms with Crippen LogP contribution in [0.4, 0.5) is 11.4 Å². The number of amides is 1. The summed E-state index contributed by atoms with van der Waals surface area (Å²) in [6.07, 6.45) is 1.09. The highest BCUT2D eigenvalue weighted by molar-refractivity contribution is 7.92. The molecule has 7 heteroatoms. The molecule has 1 atom stereocenters. The Morgan fingerprint density at radius 3 is 2.44 bits per heavy atom. The monoisotopic (exact) mass is 362 g/mol. The Morgan fingerprint density at radius 2 is 1.84 bits per heavy atom. The summed E-state index contributed by atoms with van der Waals surface area (Å²) in [5, 5.41) is 2.73. The highest BCUT2D eigenvalue weighted by Crippen LogP contribution is 2.23. The van der Waals surface area contributed by atoms with Crippen molar-refractivity contribution in [1.82, 2.24) is 0 Å². The number of aryl methyl sites for hydroxylation is 1. The van der Waals surface area contributed by atoms with E-state index in [1.165, 1.54) is 7.11 Å². The van der Waals surface area contributed by atoms with E-state index in [2.05, 4.69) is 5.32 Å². The van der Waals surface area contributed by atoms with Crippen molar-refractivity contribution >= 4 is 27.3 Å². The number of methoxy groups -OCH3 is 1. The third-order valence-electron chi connectivity index (χ3n) is 3.68. The molecule has 0 aliphatic heterocycles. The molecule has 1 unspecified atom stereocenters. The molecule has 6 nitrogen and oxygen atoms in total. The van der Waals surface area contributed by atoms with Gasteiger partial charge < -0.3 is 10.1 Å². The Hall–Kier alpha value is -2.54. The maximum absolute atomic E-state index is 12.6. The van der Waals surface area contributed by atoms with Gasteiger partial charge in [-0.2, -0.15) is 0 Å². The average molecular weight is 362 g/mol. The van der Waals surface area contributed by atoms with Crippen molar-refractivity contribution in [2.24, 2.45) is 0 Å². The molecular weight excluding hydrogens is 340 g/mol. The second-order valence-electron chi connectivity index (χ2n) is 5.79. The van der Waals surface area contributed by atoms with E-state index in [1.807, 2.05) is 13.0 Å². The van der Waals surface area contributed by atoms with E-state index in [4.69, 9.17) is 4.74 Å². The number of carbonyl (C=O) groups is 1. The van der Waals surface area contributed by atoms with Gasteiger partial charge in [-0.3, -0.25) is 9.10 Å². The Morgan fingerprint density at radius 1 is 1.16 bits per heavy atom. The fourth-order valence-corrected chi connectivity index (χ4v) is 3.69. The zero-order valence-electron chi connectivity index (χ0n) is 14.7. The molecule has 134 valence electrons. The number of carbonyl (C=O) groups excluding carboxylic acids is 1. The summed E-state index contributed by atoms with van der Waals surface area (Å²) in [6, 6.07) is 13.0. The second kappa shape index (κ2) is 7.57. The first-order valence-electron chi connectivity index (χ1n) is 7.73. The number of hydrogen-bond donors (Lipinski definition) is 1. The van der Waals surface area contributed by atoms with Gasteiger partial charge in [0.25, 0.3) is 0 Å². The molecule has 2 aromatic carbocycles. The molecule has 0 heterocycles. The van der Waals surface area contributed by atoms with Gasteiger partial charge in [-0.05, 0) is 43.7 Å². The van der Waals surface area contributed by atoms with Crippen LogP contribution in [0.3, 0.4) is 0 Å². The highest BCUT2D eigenvalue weighted by atomic mass is 32.2. The van der Waals surface area contributed by atoms with Gasteiger partial charge in [-0.1, -0.05) is 18.2 Å². The Bertz CT molecular complexity index is 865. The summed E-state index contributed by atoms with van der Waals surface area (Å²) >= 11 is 0. The number of ether oxygens (including phenoxy) is 1. The minimum absolute atomic E-state index is 0.430. The van der Waals surface area contributed by atoms with E-state index in [9.17, 15) is 13.2 Å². The van der Waals surface area contributed by atoms with Gasteiger partial charge in [0.15, 0.2) is 0 Å². The molecule has 0 spiro atoms. The van der Waals surface area contributed by atoms with E-state index < -0.39 is 22.0 Å². The summed E-state index contributed by atoms with van der Waals surface area (Å²) < 4.78 is 30.8. The minimum Gasteiger partial charge on any atom is -0.497 e. The van der Waals surface area contributed by atoms with Crippen LogP contribution in [0.2, 0.25) is 0 Å². The number of sulfonamides is 1. The van der Waals surface area contributed by atoms with Gasteiger partial charge in [0.1, 0.15) is 11.8 Å². The predicted molar refractivity (Wildman–Crippen MR) is 99.6 cm³/mol. The van der Waals surface area contributed by atoms with E-state index in [-0.39, 0.29) is 0 Å². The summed E-state index contributed by atoms with van der Waals surface area (Å²) in [5.41, 5.74) is 1.90. The summed E-state index contributed by atoms with van der Waals surface area (Å²) in [6.45, 7) is 3.42. The summed E-state index contributed by atoms with van der Waals surface area (Å²) in [7, 11) is -2.10. The molecule has 2 rings (SSSR count). The molecule has 0 saturated heterocycles. The first-order valence-corrected chi connectivity index (χ1v) is 9.58. The van der Waals surface area contributed by atoms with Crippen LogP contribution in [0.1, 0.15) is 12.5 Å². The van der Waals surface area contributed by atoms with Crippen LogP contribution in [-0.4, -0.2) is 33.7 Å². The molecule has 2 aromatic rings. The molecule has 0 aromatic heterocycles. The summed E-state index contributed by atoms with van der Waals surface area (Å²) in [5.74, 6) is 0.171. The fraction of sp³-hybridized carbons (Fsp3) is 0.278. The zero-order chi connectivity index (χ0) is 18.6. The molecule has 25 heavy (non-hydrogen) atoms. The lowest BCUT2D eigenvalue weighted by Gasteiger charge is -2.28. The number of nitrogens with one attached hydrogen (secondary N) is 1. The van der Waals surface area contributed by atoms with Crippen molar-refractivity contribution < 1.29 is 17.9 Å². The molecule has 0 radical (unpaired) electrons. The van der Waals surface area contributed by atoms with E-state index in [0.717, 1.165) is 16.1 Å². The highest BCUT2D eigenvalue weighted by Gasteiger charge is 2.29. The summed E-state index contributed by atoms with van der Waals surface area (Å²) in [4.78, 5) is 12.6. The van der Waals surface area contributed by atoms with Crippen molar-refractivity contribution in [3.05, 3.63) is 54.1 Å². The van der Waals surface area contributed by atoms with Crippen molar-refractivity contribution in [3.8, 4) is 5.75 Å². The fourth-order valence-electron chi connectivity index (χ4n) is 2.52. The molecule has 0 fully saturated rings. The lowest BCUT2D eigenvalue weighted by atomic mass is 10.2. The van der Waals surface area contributed by atoms with Crippen molar-refractivity contribution in [2.45, 2.75) is 19.9 Å². The van der Waals surface area contributed by atoms with Crippen LogP contribution in [0, 0.1) is 6.92 Å². The van der Waals surface area contributed by atoms with Crippen molar-refractivity contribution in [2.75, 3.05) is 23.0 Å². The van der Waals surface area contributed by atoms with Crippen LogP contribution in [-0.2, 0) is 14.8 Å². The lowest BCUT2D eigenvalue weighted by molar-refractivity contribution is -0.116. The van der Waals surface area contributed by atoms with E-state index in [1.54, 1.807) is 49.4 Å². The van der Waals surface area contributed by atoms with Crippen LogP contribution < -0.4 is 14.4 Å². The predicted octanol–water partition coefficient (Wildman–Crippen LogP) is 2.80.